The lowest BCUT2D eigenvalue weighted by atomic mass is 9.99. The quantitative estimate of drug-likeness (QED) is 0.674. The third-order valence-electron chi connectivity index (χ3n) is 3.86. The second-order valence-corrected chi connectivity index (χ2v) is 5.54. The maximum Gasteiger partial charge on any atom is 0.315 e. The standard InChI is InChI=1S/C16H24N2O3/c19-13-16(9-4-5-10-16)18-15(20)17-11-6-12-21-14-7-2-1-3-8-14/h1-3,7-8,19H,4-6,9-13H2,(H2,17,18,20). The average Bonchev–Trinajstić information content (AvgIpc) is 2.97. The molecule has 2 amide bonds. The molecule has 0 unspecified atom stereocenters. The molecule has 1 aromatic carbocycles. The van der Waals surface area contributed by atoms with Gasteiger partial charge in [0.1, 0.15) is 5.75 Å². The predicted molar refractivity (Wildman–Crippen MR) is 81.4 cm³/mol. The van der Waals surface area contributed by atoms with E-state index in [-0.39, 0.29) is 12.6 Å². The van der Waals surface area contributed by atoms with Crippen molar-refractivity contribution >= 4 is 6.03 Å². The van der Waals surface area contributed by atoms with Crippen LogP contribution < -0.4 is 15.4 Å². The van der Waals surface area contributed by atoms with Crippen molar-refractivity contribution < 1.29 is 14.6 Å². The third kappa shape index (κ3) is 4.93. The van der Waals surface area contributed by atoms with Gasteiger partial charge in [0.25, 0.3) is 0 Å². The molecule has 0 aromatic heterocycles. The van der Waals surface area contributed by atoms with Gasteiger partial charge in [0.05, 0.1) is 18.8 Å². The number of aliphatic hydroxyl groups is 1. The fraction of sp³-hybridized carbons (Fsp3) is 0.562. The fourth-order valence-electron chi connectivity index (χ4n) is 2.64. The summed E-state index contributed by atoms with van der Waals surface area (Å²) in [4.78, 5) is 11.8. The maximum absolute atomic E-state index is 11.8. The van der Waals surface area contributed by atoms with Crippen molar-refractivity contribution in [2.45, 2.75) is 37.6 Å². The first kappa shape index (κ1) is 15.6. The molecule has 116 valence electrons. The van der Waals surface area contributed by atoms with Gasteiger partial charge >= 0.3 is 6.03 Å². The highest BCUT2D eigenvalue weighted by molar-refractivity contribution is 5.74. The number of aliphatic hydroxyl groups excluding tert-OH is 1. The van der Waals surface area contributed by atoms with Gasteiger partial charge < -0.3 is 20.5 Å². The molecular weight excluding hydrogens is 268 g/mol. The lowest BCUT2D eigenvalue weighted by Crippen LogP contribution is -2.53. The predicted octanol–water partition coefficient (Wildman–Crippen LogP) is 2.06. The van der Waals surface area contributed by atoms with Crippen molar-refractivity contribution in [2.75, 3.05) is 19.8 Å². The van der Waals surface area contributed by atoms with Crippen LogP contribution in [0.3, 0.4) is 0 Å². The van der Waals surface area contributed by atoms with Crippen LogP contribution in [-0.2, 0) is 0 Å². The van der Waals surface area contributed by atoms with Crippen LogP contribution >= 0.6 is 0 Å². The molecule has 1 fully saturated rings. The van der Waals surface area contributed by atoms with Crippen LogP contribution in [0, 0.1) is 0 Å². The van der Waals surface area contributed by atoms with Gasteiger partial charge in [-0.2, -0.15) is 0 Å². The van der Waals surface area contributed by atoms with Crippen molar-refractivity contribution in [3.05, 3.63) is 30.3 Å². The van der Waals surface area contributed by atoms with Crippen molar-refractivity contribution in [3.63, 3.8) is 0 Å². The molecule has 0 radical (unpaired) electrons. The van der Waals surface area contributed by atoms with E-state index in [1.165, 1.54) is 0 Å². The Kier molecular flexibility index (Phi) is 5.87. The summed E-state index contributed by atoms with van der Waals surface area (Å²) in [6.07, 6.45) is 4.58. The Balaban J connectivity index is 1.59. The molecule has 0 saturated heterocycles. The van der Waals surface area contributed by atoms with Gasteiger partial charge in [0.2, 0.25) is 0 Å². The molecule has 0 atom stereocenters. The van der Waals surface area contributed by atoms with E-state index in [2.05, 4.69) is 10.6 Å². The Bertz CT molecular complexity index is 430. The number of amides is 2. The van der Waals surface area contributed by atoms with E-state index >= 15 is 0 Å². The molecule has 0 spiro atoms. The number of para-hydroxylation sites is 1. The van der Waals surface area contributed by atoms with Gasteiger partial charge in [0, 0.05) is 6.54 Å². The summed E-state index contributed by atoms with van der Waals surface area (Å²) in [6, 6.07) is 9.41. The summed E-state index contributed by atoms with van der Waals surface area (Å²) in [5.74, 6) is 0.840. The summed E-state index contributed by atoms with van der Waals surface area (Å²) < 4.78 is 5.55. The monoisotopic (exact) mass is 292 g/mol. The third-order valence-corrected chi connectivity index (χ3v) is 3.86. The van der Waals surface area contributed by atoms with E-state index in [0.29, 0.717) is 13.2 Å². The molecule has 2 rings (SSSR count). The van der Waals surface area contributed by atoms with Crippen LogP contribution in [0.5, 0.6) is 5.75 Å². The normalized spacial score (nSPS) is 16.4. The molecule has 1 aliphatic carbocycles. The van der Waals surface area contributed by atoms with Crippen LogP contribution in [0.1, 0.15) is 32.1 Å². The summed E-state index contributed by atoms with van der Waals surface area (Å²) in [5, 5.41) is 15.2. The number of ether oxygens (including phenoxy) is 1. The Morgan fingerprint density at radius 2 is 1.95 bits per heavy atom. The second kappa shape index (κ2) is 7.88. The van der Waals surface area contributed by atoms with E-state index in [1.54, 1.807) is 0 Å². The van der Waals surface area contributed by atoms with E-state index in [9.17, 15) is 9.90 Å². The van der Waals surface area contributed by atoms with E-state index in [0.717, 1.165) is 37.9 Å². The minimum absolute atomic E-state index is 0.0114. The number of urea groups is 1. The number of hydrogen-bond donors (Lipinski definition) is 3. The minimum atomic E-state index is -0.412. The zero-order chi connectivity index (χ0) is 15.0. The summed E-state index contributed by atoms with van der Waals surface area (Å²) in [5.41, 5.74) is -0.412. The SMILES string of the molecule is O=C(NCCCOc1ccccc1)NC1(CO)CCCC1. The van der Waals surface area contributed by atoms with Crippen molar-refractivity contribution in [1.82, 2.24) is 10.6 Å². The first-order valence-electron chi connectivity index (χ1n) is 7.59. The molecule has 3 N–H and O–H groups in total. The second-order valence-electron chi connectivity index (χ2n) is 5.54. The topological polar surface area (TPSA) is 70.6 Å². The molecule has 1 aromatic rings. The molecule has 1 aliphatic rings. The first-order chi connectivity index (χ1) is 10.2. The zero-order valence-electron chi connectivity index (χ0n) is 12.3. The van der Waals surface area contributed by atoms with E-state index in [1.807, 2.05) is 30.3 Å². The highest BCUT2D eigenvalue weighted by atomic mass is 16.5. The first-order valence-corrected chi connectivity index (χ1v) is 7.59. The highest BCUT2D eigenvalue weighted by Crippen LogP contribution is 2.28. The Hall–Kier alpha value is -1.75. The van der Waals surface area contributed by atoms with Gasteiger partial charge in [-0.05, 0) is 31.4 Å². The van der Waals surface area contributed by atoms with E-state index in [4.69, 9.17) is 4.74 Å². The fourth-order valence-corrected chi connectivity index (χ4v) is 2.64. The number of rotatable bonds is 7. The smallest absolute Gasteiger partial charge is 0.315 e. The van der Waals surface area contributed by atoms with Gasteiger partial charge in [-0.3, -0.25) is 0 Å². The van der Waals surface area contributed by atoms with Gasteiger partial charge in [-0.1, -0.05) is 31.0 Å². The van der Waals surface area contributed by atoms with Crippen molar-refractivity contribution in [2.24, 2.45) is 0 Å². The van der Waals surface area contributed by atoms with Gasteiger partial charge in [0.15, 0.2) is 0 Å². The number of carbonyl (C=O) groups is 1. The molecule has 1 saturated carbocycles. The Labute approximate surface area is 125 Å². The van der Waals surface area contributed by atoms with Crippen LogP contribution in [0.15, 0.2) is 30.3 Å². The molecule has 21 heavy (non-hydrogen) atoms. The number of nitrogens with one attached hydrogen (secondary N) is 2. The van der Waals surface area contributed by atoms with Gasteiger partial charge in [-0.25, -0.2) is 4.79 Å². The molecule has 0 bridgehead atoms. The number of hydrogen-bond acceptors (Lipinski definition) is 3. The summed E-state index contributed by atoms with van der Waals surface area (Å²) in [6.45, 7) is 1.13. The van der Waals surface area contributed by atoms with Crippen molar-refractivity contribution in [1.29, 1.82) is 0 Å². The zero-order valence-corrected chi connectivity index (χ0v) is 12.3. The average molecular weight is 292 g/mol. The Morgan fingerprint density at radius 1 is 1.24 bits per heavy atom. The van der Waals surface area contributed by atoms with Crippen LogP contribution in [0.4, 0.5) is 4.79 Å². The summed E-state index contributed by atoms with van der Waals surface area (Å²) in [7, 11) is 0. The van der Waals surface area contributed by atoms with Gasteiger partial charge in [-0.15, -0.1) is 0 Å². The van der Waals surface area contributed by atoms with Crippen LogP contribution in [-0.4, -0.2) is 36.4 Å². The molecule has 0 aliphatic heterocycles. The maximum atomic E-state index is 11.8. The van der Waals surface area contributed by atoms with Crippen LogP contribution in [0.2, 0.25) is 0 Å². The van der Waals surface area contributed by atoms with Crippen LogP contribution in [0.25, 0.3) is 0 Å². The summed E-state index contributed by atoms with van der Waals surface area (Å²) >= 11 is 0. The van der Waals surface area contributed by atoms with E-state index < -0.39 is 5.54 Å². The largest absolute Gasteiger partial charge is 0.494 e. The molecule has 5 heteroatoms. The molecular formula is C16H24N2O3. The lowest BCUT2D eigenvalue weighted by molar-refractivity contribution is 0.162. The number of benzene rings is 1. The Morgan fingerprint density at radius 3 is 2.62 bits per heavy atom. The molecule has 5 nitrogen and oxygen atoms in total. The minimum Gasteiger partial charge on any atom is -0.494 e. The van der Waals surface area contributed by atoms with Crippen molar-refractivity contribution in [3.8, 4) is 5.75 Å². The highest BCUT2D eigenvalue weighted by Gasteiger charge is 2.34. The molecule has 0 heterocycles. The lowest BCUT2D eigenvalue weighted by Gasteiger charge is -2.27. The number of carbonyl (C=O) groups excluding carboxylic acids is 1.